The Morgan fingerprint density at radius 1 is 1.33 bits per heavy atom. The number of anilines is 1. The third kappa shape index (κ3) is 2.60. The third-order valence-corrected chi connectivity index (χ3v) is 5.04. The van der Waals surface area contributed by atoms with Gasteiger partial charge in [-0.2, -0.15) is 13.2 Å². The number of oxime groups is 1. The standard InChI is InChI=1S/C10H7BrF5N3OS/c11-7-6(10(14,15)16)17-9(21-7)19-1-3-4(2-19)20-18-5(3)8(12)13/h3-4,8H,1-2H2. The van der Waals surface area contributed by atoms with Crippen LogP contribution in [0.3, 0.4) is 0 Å². The van der Waals surface area contributed by atoms with E-state index in [2.05, 4.69) is 26.1 Å². The summed E-state index contributed by atoms with van der Waals surface area (Å²) in [5.41, 5.74) is -1.36. The van der Waals surface area contributed by atoms with Crippen molar-refractivity contribution in [3.05, 3.63) is 9.48 Å². The van der Waals surface area contributed by atoms with Crippen LogP contribution >= 0.6 is 27.3 Å². The normalized spacial score (nSPS) is 25.3. The van der Waals surface area contributed by atoms with Gasteiger partial charge >= 0.3 is 6.18 Å². The van der Waals surface area contributed by atoms with Crippen LogP contribution in [0.2, 0.25) is 0 Å². The Balaban J connectivity index is 1.80. The highest BCUT2D eigenvalue weighted by Gasteiger charge is 2.47. The van der Waals surface area contributed by atoms with Crippen LogP contribution in [0.25, 0.3) is 0 Å². The Hall–Kier alpha value is -0.970. The maximum atomic E-state index is 12.7. The number of hydrogen-bond donors (Lipinski definition) is 0. The van der Waals surface area contributed by atoms with E-state index >= 15 is 0 Å². The van der Waals surface area contributed by atoms with E-state index in [-0.39, 0.29) is 27.7 Å². The molecule has 21 heavy (non-hydrogen) atoms. The molecule has 0 aromatic carbocycles. The van der Waals surface area contributed by atoms with E-state index in [4.69, 9.17) is 4.84 Å². The molecular weight excluding hydrogens is 385 g/mol. The molecule has 0 bridgehead atoms. The molecule has 11 heteroatoms. The van der Waals surface area contributed by atoms with Crippen LogP contribution in [0.5, 0.6) is 0 Å². The summed E-state index contributed by atoms with van der Waals surface area (Å²) in [5, 5.41) is 3.47. The number of halogens is 6. The quantitative estimate of drug-likeness (QED) is 0.725. The lowest BCUT2D eigenvalue weighted by Gasteiger charge is -2.14. The first-order chi connectivity index (χ1) is 9.77. The molecule has 1 aromatic heterocycles. The number of aromatic nitrogens is 1. The van der Waals surface area contributed by atoms with Crippen molar-refractivity contribution in [2.24, 2.45) is 11.1 Å². The van der Waals surface area contributed by atoms with E-state index in [1.165, 1.54) is 4.90 Å². The lowest BCUT2D eigenvalue weighted by molar-refractivity contribution is -0.141. The summed E-state index contributed by atoms with van der Waals surface area (Å²) in [4.78, 5) is 9.98. The monoisotopic (exact) mass is 391 g/mol. The van der Waals surface area contributed by atoms with Crippen molar-refractivity contribution in [3.63, 3.8) is 0 Å². The molecule has 0 radical (unpaired) electrons. The Bertz CT molecular complexity index is 590. The van der Waals surface area contributed by atoms with Crippen molar-refractivity contribution in [3.8, 4) is 0 Å². The first kappa shape index (κ1) is 14.9. The summed E-state index contributed by atoms with van der Waals surface area (Å²) in [7, 11) is 0. The van der Waals surface area contributed by atoms with Gasteiger partial charge in [0.25, 0.3) is 6.43 Å². The van der Waals surface area contributed by atoms with Crippen LogP contribution < -0.4 is 4.90 Å². The van der Waals surface area contributed by atoms with Gasteiger partial charge in [-0.1, -0.05) is 16.5 Å². The molecule has 1 aromatic rings. The van der Waals surface area contributed by atoms with Crippen LogP contribution in [0.15, 0.2) is 8.94 Å². The lowest BCUT2D eigenvalue weighted by atomic mass is 10.0. The third-order valence-electron chi connectivity index (χ3n) is 3.28. The van der Waals surface area contributed by atoms with Gasteiger partial charge in [-0.15, -0.1) is 0 Å². The van der Waals surface area contributed by atoms with Crippen molar-refractivity contribution in [1.82, 2.24) is 4.98 Å². The minimum absolute atomic E-state index is 0.116. The second-order valence-corrected chi connectivity index (χ2v) is 6.88. The molecule has 4 nitrogen and oxygen atoms in total. The molecule has 0 amide bonds. The minimum atomic E-state index is -4.56. The maximum absolute atomic E-state index is 12.7. The van der Waals surface area contributed by atoms with Gasteiger partial charge in [0, 0.05) is 6.54 Å². The topological polar surface area (TPSA) is 37.7 Å². The van der Waals surface area contributed by atoms with Gasteiger partial charge in [0.1, 0.15) is 9.50 Å². The Kier molecular flexibility index (Phi) is 3.59. The van der Waals surface area contributed by atoms with Gasteiger partial charge in [0.05, 0.1) is 12.5 Å². The molecule has 2 aliphatic heterocycles. The number of hydrogen-bond acceptors (Lipinski definition) is 5. The maximum Gasteiger partial charge on any atom is 0.435 e. The highest BCUT2D eigenvalue weighted by Crippen LogP contribution is 2.42. The van der Waals surface area contributed by atoms with Crippen LogP contribution in [0.1, 0.15) is 5.69 Å². The first-order valence-electron chi connectivity index (χ1n) is 5.77. The highest BCUT2D eigenvalue weighted by molar-refractivity contribution is 9.11. The van der Waals surface area contributed by atoms with Gasteiger partial charge in [-0.25, -0.2) is 13.8 Å². The van der Waals surface area contributed by atoms with E-state index in [9.17, 15) is 22.0 Å². The number of fused-ring (bicyclic) bond motifs is 1. The Morgan fingerprint density at radius 2 is 2.05 bits per heavy atom. The average molecular weight is 392 g/mol. The zero-order chi connectivity index (χ0) is 15.4. The largest absolute Gasteiger partial charge is 0.435 e. The van der Waals surface area contributed by atoms with Crippen molar-refractivity contribution in [1.29, 1.82) is 0 Å². The molecular formula is C10H7BrF5N3OS. The van der Waals surface area contributed by atoms with E-state index in [0.29, 0.717) is 0 Å². The lowest BCUT2D eigenvalue weighted by Crippen LogP contribution is -2.26. The molecule has 2 aliphatic rings. The molecule has 0 N–H and O–H groups in total. The van der Waals surface area contributed by atoms with Crippen molar-refractivity contribution in [2.45, 2.75) is 18.7 Å². The molecule has 0 saturated carbocycles. The van der Waals surface area contributed by atoms with Gasteiger partial charge < -0.3 is 9.74 Å². The second-order valence-electron chi connectivity index (χ2n) is 4.59. The number of nitrogens with zero attached hydrogens (tertiary/aromatic N) is 3. The van der Waals surface area contributed by atoms with Crippen molar-refractivity contribution in [2.75, 3.05) is 18.0 Å². The predicted molar refractivity (Wildman–Crippen MR) is 68.8 cm³/mol. The van der Waals surface area contributed by atoms with Gasteiger partial charge in [0.15, 0.2) is 16.9 Å². The zero-order valence-electron chi connectivity index (χ0n) is 10.1. The van der Waals surface area contributed by atoms with Gasteiger partial charge in [-0.05, 0) is 15.9 Å². The van der Waals surface area contributed by atoms with Crippen LogP contribution in [-0.2, 0) is 11.0 Å². The first-order valence-corrected chi connectivity index (χ1v) is 7.38. The molecule has 0 aliphatic carbocycles. The molecule has 3 rings (SSSR count). The molecule has 1 fully saturated rings. The summed E-state index contributed by atoms with van der Waals surface area (Å²) in [5.74, 6) is -0.609. The van der Waals surface area contributed by atoms with Crippen LogP contribution in [-0.4, -0.2) is 36.3 Å². The fourth-order valence-corrected chi connectivity index (χ4v) is 3.90. The van der Waals surface area contributed by atoms with Gasteiger partial charge in [-0.3, -0.25) is 0 Å². The molecule has 116 valence electrons. The Morgan fingerprint density at radius 3 is 2.62 bits per heavy atom. The van der Waals surface area contributed by atoms with Crippen LogP contribution in [0.4, 0.5) is 27.1 Å². The molecule has 1 saturated heterocycles. The molecule has 0 spiro atoms. The summed E-state index contributed by atoms with van der Waals surface area (Å²) >= 11 is 3.65. The summed E-state index contributed by atoms with van der Waals surface area (Å²) < 4.78 is 63.4. The summed E-state index contributed by atoms with van der Waals surface area (Å²) in [6.07, 6.45) is -7.85. The smallest absolute Gasteiger partial charge is 0.390 e. The molecule has 2 unspecified atom stereocenters. The Labute approximate surface area is 127 Å². The number of thiazole rings is 1. The van der Waals surface area contributed by atoms with E-state index in [1.807, 2.05) is 0 Å². The summed E-state index contributed by atoms with van der Waals surface area (Å²) in [6, 6.07) is 0. The number of alkyl halides is 5. The zero-order valence-corrected chi connectivity index (χ0v) is 12.5. The molecule has 3 heterocycles. The van der Waals surface area contributed by atoms with Crippen molar-refractivity contribution < 1.29 is 26.8 Å². The SMILES string of the molecule is FC(F)C1=NOC2CN(c3nc(C(F)(F)F)c(Br)s3)CC12. The van der Waals surface area contributed by atoms with Crippen molar-refractivity contribution >= 4 is 38.1 Å². The minimum Gasteiger partial charge on any atom is -0.390 e. The van der Waals surface area contributed by atoms with Crippen LogP contribution in [0, 0.1) is 5.92 Å². The predicted octanol–water partition coefficient (Wildman–Crippen LogP) is 3.38. The fourth-order valence-electron chi connectivity index (χ4n) is 2.32. The molecule has 2 atom stereocenters. The summed E-state index contributed by atoms with van der Waals surface area (Å²) in [6.45, 7) is 0.298. The van der Waals surface area contributed by atoms with E-state index in [1.54, 1.807) is 0 Å². The highest BCUT2D eigenvalue weighted by atomic mass is 79.9. The van der Waals surface area contributed by atoms with E-state index < -0.39 is 30.3 Å². The van der Waals surface area contributed by atoms with E-state index in [0.717, 1.165) is 11.3 Å². The average Bonchev–Trinajstić information content (AvgIpc) is 2.98. The van der Waals surface area contributed by atoms with Gasteiger partial charge in [0.2, 0.25) is 0 Å². The second kappa shape index (κ2) is 5.04. The fraction of sp³-hybridized carbons (Fsp3) is 0.600. The number of rotatable bonds is 2.